The Hall–Kier alpha value is -0.770. The SMILES string of the molecule is COc1ccc(COCC(C)N)cc1Cl. The molecule has 2 N–H and O–H groups in total. The second kappa shape index (κ2) is 5.95. The lowest BCUT2D eigenvalue weighted by atomic mass is 10.2. The molecule has 1 atom stereocenters. The third kappa shape index (κ3) is 4.08. The molecule has 0 aromatic heterocycles. The van der Waals surface area contributed by atoms with Crippen LogP contribution in [0.4, 0.5) is 0 Å². The van der Waals surface area contributed by atoms with Crippen LogP contribution in [-0.2, 0) is 11.3 Å². The number of methoxy groups -OCH3 is 1. The van der Waals surface area contributed by atoms with Crippen molar-refractivity contribution in [2.75, 3.05) is 13.7 Å². The monoisotopic (exact) mass is 229 g/mol. The molecule has 1 aromatic rings. The van der Waals surface area contributed by atoms with E-state index in [0.29, 0.717) is 24.0 Å². The summed E-state index contributed by atoms with van der Waals surface area (Å²) < 4.78 is 10.4. The Bertz CT molecular complexity index is 315. The van der Waals surface area contributed by atoms with Gasteiger partial charge in [-0.05, 0) is 24.6 Å². The summed E-state index contributed by atoms with van der Waals surface area (Å²) in [5.41, 5.74) is 6.58. The standard InChI is InChI=1S/C11H16ClNO2/c1-8(13)6-15-7-9-3-4-11(14-2)10(12)5-9/h3-5,8H,6-7,13H2,1-2H3. The van der Waals surface area contributed by atoms with Crippen LogP contribution in [0.1, 0.15) is 12.5 Å². The van der Waals surface area contributed by atoms with Gasteiger partial charge in [0.05, 0.1) is 25.3 Å². The van der Waals surface area contributed by atoms with Crippen molar-refractivity contribution in [3.8, 4) is 5.75 Å². The topological polar surface area (TPSA) is 44.5 Å². The first-order valence-electron chi connectivity index (χ1n) is 4.79. The second-order valence-electron chi connectivity index (χ2n) is 3.46. The lowest BCUT2D eigenvalue weighted by molar-refractivity contribution is 0.111. The summed E-state index contributed by atoms with van der Waals surface area (Å²) in [4.78, 5) is 0. The van der Waals surface area contributed by atoms with Crippen molar-refractivity contribution in [2.24, 2.45) is 5.73 Å². The lowest BCUT2D eigenvalue weighted by Crippen LogP contribution is -2.21. The fraction of sp³-hybridized carbons (Fsp3) is 0.455. The Balaban J connectivity index is 2.52. The Morgan fingerprint density at radius 3 is 2.73 bits per heavy atom. The molecule has 3 nitrogen and oxygen atoms in total. The van der Waals surface area contributed by atoms with Crippen molar-refractivity contribution in [1.29, 1.82) is 0 Å². The Kier molecular flexibility index (Phi) is 4.88. The van der Waals surface area contributed by atoms with Gasteiger partial charge in [0, 0.05) is 6.04 Å². The van der Waals surface area contributed by atoms with Crippen molar-refractivity contribution < 1.29 is 9.47 Å². The van der Waals surface area contributed by atoms with Crippen molar-refractivity contribution in [1.82, 2.24) is 0 Å². The number of nitrogens with two attached hydrogens (primary N) is 1. The molecule has 0 aliphatic carbocycles. The van der Waals surface area contributed by atoms with Crippen LogP contribution in [-0.4, -0.2) is 19.8 Å². The molecule has 1 rings (SSSR count). The molecule has 0 saturated carbocycles. The molecule has 0 spiro atoms. The van der Waals surface area contributed by atoms with Crippen LogP contribution in [0.25, 0.3) is 0 Å². The van der Waals surface area contributed by atoms with E-state index >= 15 is 0 Å². The van der Waals surface area contributed by atoms with Gasteiger partial charge in [0.15, 0.2) is 0 Å². The molecule has 0 saturated heterocycles. The average molecular weight is 230 g/mol. The normalized spacial score (nSPS) is 12.5. The zero-order valence-electron chi connectivity index (χ0n) is 9.00. The maximum atomic E-state index is 5.97. The maximum absolute atomic E-state index is 5.97. The quantitative estimate of drug-likeness (QED) is 0.842. The zero-order valence-corrected chi connectivity index (χ0v) is 9.75. The van der Waals surface area contributed by atoms with E-state index in [0.717, 1.165) is 5.56 Å². The molecule has 84 valence electrons. The van der Waals surface area contributed by atoms with Gasteiger partial charge in [-0.15, -0.1) is 0 Å². The molecule has 0 radical (unpaired) electrons. The van der Waals surface area contributed by atoms with E-state index in [1.165, 1.54) is 0 Å². The first-order chi connectivity index (χ1) is 7.13. The third-order valence-electron chi connectivity index (χ3n) is 1.87. The van der Waals surface area contributed by atoms with E-state index in [2.05, 4.69) is 0 Å². The van der Waals surface area contributed by atoms with E-state index in [1.54, 1.807) is 7.11 Å². The number of hydrogen-bond donors (Lipinski definition) is 1. The molecule has 0 heterocycles. The molecule has 15 heavy (non-hydrogen) atoms. The Morgan fingerprint density at radius 2 is 2.20 bits per heavy atom. The van der Waals surface area contributed by atoms with Crippen molar-refractivity contribution >= 4 is 11.6 Å². The minimum Gasteiger partial charge on any atom is -0.495 e. The average Bonchev–Trinajstić information content (AvgIpc) is 2.17. The minimum atomic E-state index is 0.0544. The molecule has 0 amide bonds. The Labute approximate surface area is 95.1 Å². The molecule has 4 heteroatoms. The summed E-state index contributed by atoms with van der Waals surface area (Å²) in [6.45, 7) is 2.97. The van der Waals surface area contributed by atoms with Crippen LogP contribution >= 0.6 is 11.6 Å². The molecular formula is C11H16ClNO2. The van der Waals surface area contributed by atoms with Gasteiger partial charge in [-0.2, -0.15) is 0 Å². The van der Waals surface area contributed by atoms with Gasteiger partial charge in [0.1, 0.15) is 5.75 Å². The molecule has 0 fully saturated rings. The maximum Gasteiger partial charge on any atom is 0.137 e. The molecular weight excluding hydrogens is 214 g/mol. The molecule has 0 aliphatic rings. The molecule has 1 aromatic carbocycles. The first-order valence-corrected chi connectivity index (χ1v) is 5.17. The smallest absolute Gasteiger partial charge is 0.137 e. The van der Waals surface area contributed by atoms with E-state index in [-0.39, 0.29) is 6.04 Å². The summed E-state index contributed by atoms with van der Waals surface area (Å²) in [6, 6.07) is 5.64. The molecule has 0 bridgehead atoms. The molecule has 0 aliphatic heterocycles. The summed E-state index contributed by atoms with van der Waals surface area (Å²) in [5.74, 6) is 0.674. The highest BCUT2D eigenvalue weighted by Crippen LogP contribution is 2.25. The van der Waals surface area contributed by atoms with Gasteiger partial charge in [-0.3, -0.25) is 0 Å². The van der Waals surface area contributed by atoms with Gasteiger partial charge in [0.25, 0.3) is 0 Å². The zero-order chi connectivity index (χ0) is 11.3. The number of benzene rings is 1. The van der Waals surface area contributed by atoms with Crippen LogP contribution in [0.5, 0.6) is 5.75 Å². The fourth-order valence-corrected chi connectivity index (χ4v) is 1.44. The van der Waals surface area contributed by atoms with Gasteiger partial charge < -0.3 is 15.2 Å². The van der Waals surface area contributed by atoms with Gasteiger partial charge in [0.2, 0.25) is 0 Å². The number of ether oxygens (including phenoxy) is 2. The van der Waals surface area contributed by atoms with Gasteiger partial charge in [-0.1, -0.05) is 17.7 Å². The van der Waals surface area contributed by atoms with Crippen molar-refractivity contribution in [3.05, 3.63) is 28.8 Å². The van der Waals surface area contributed by atoms with Crippen LogP contribution in [0.15, 0.2) is 18.2 Å². The van der Waals surface area contributed by atoms with Crippen LogP contribution in [0.2, 0.25) is 5.02 Å². The highest BCUT2D eigenvalue weighted by Gasteiger charge is 2.02. The highest BCUT2D eigenvalue weighted by atomic mass is 35.5. The number of rotatable bonds is 5. The van der Waals surface area contributed by atoms with E-state index in [9.17, 15) is 0 Å². The first kappa shape index (κ1) is 12.3. The summed E-state index contributed by atoms with van der Waals surface area (Å²) >= 11 is 5.97. The predicted molar refractivity (Wildman–Crippen MR) is 61.3 cm³/mol. The van der Waals surface area contributed by atoms with E-state index in [1.807, 2.05) is 25.1 Å². The fourth-order valence-electron chi connectivity index (χ4n) is 1.16. The summed E-state index contributed by atoms with van der Waals surface area (Å²) in [6.07, 6.45) is 0. The van der Waals surface area contributed by atoms with Crippen molar-refractivity contribution in [2.45, 2.75) is 19.6 Å². The highest BCUT2D eigenvalue weighted by molar-refractivity contribution is 6.32. The predicted octanol–water partition coefficient (Wildman–Crippen LogP) is 2.21. The minimum absolute atomic E-state index is 0.0544. The van der Waals surface area contributed by atoms with Crippen LogP contribution in [0, 0.1) is 0 Å². The van der Waals surface area contributed by atoms with Crippen molar-refractivity contribution in [3.63, 3.8) is 0 Å². The van der Waals surface area contributed by atoms with Crippen LogP contribution < -0.4 is 10.5 Å². The van der Waals surface area contributed by atoms with Crippen LogP contribution in [0.3, 0.4) is 0 Å². The largest absolute Gasteiger partial charge is 0.495 e. The summed E-state index contributed by atoms with van der Waals surface area (Å²) in [5, 5.41) is 0.597. The van der Waals surface area contributed by atoms with Gasteiger partial charge in [-0.25, -0.2) is 0 Å². The van der Waals surface area contributed by atoms with Gasteiger partial charge >= 0.3 is 0 Å². The second-order valence-corrected chi connectivity index (χ2v) is 3.87. The summed E-state index contributed by atoms with van der Waals surface area (Å²) in [7, 11) is 1.59. The number of hydrogen-bond acceptors (Lipinski definition) is 3. The lowest BCUT2D eigenvalue weighted by Gasteiger charge is -2.08. The molecule has 1 unspecified atom stereocenters. The van der Waals surface area contributed by atoms with E-state index < -0.39 is 0 Å². The van der Waals surface area contributed by atoms with E-state index in [4.69, 9.17) is 26.8 Å². The third-order valence-corrected chi connectivity index (χ3v) is 2.16. The number of halogens is 1. The Morgan fingerprint density at radius 1 is 1.47 bits per heavy atom.